The van der Waals surface area contributed by atoms with Gasteiger partial charge in [0.1, 0.15) is 18.2 Å². The molecule has 98 valence electrons. The van der Waals surface area contributed by atoms with Crippen molar-refractivity contribution in [3.63, 3.8) is 0 Å². The number of thioether (sulfide) groups is 1. The number of rotatable bonds is 3. The fraction of sp³-hybridized carbons (Fsp3) is 0.200. The van der Waals surface area contributed by atoms with Crippen molar-refractivity contribution in [1.29, 1.82) is 0 Å². The van der Waals surface area contributed by atoms with E-state index in [1.165, 1.54) is 22.6 Å². The van der Waals surface area contributed by atoms with E-state index < -0.39 is 0 Å². The topological polar surface area (TPSA) is 9.23 Å². The molecule has 1 aliphatic heterocycles. The summed E-state index contributed by atoms with van der Waals surface area (Å²) in [5.41, 5.74) is 1.37. The van der Waals surface area contributed by atoms with Gasteiger partial charge in [-0.3, -0.25) is 0 Å². The molecular weight excluding hydrogens is 327 g/mol. The summed E-state index contributed by atoms with van der Waals surface area (Å²) in [5.74, 6) is 0.289. The van der Waals surface area contributed by atoms with Crippen LogP contribution in [0.5, 0.6) is 5.75 Å². The molecule has 1 heterocycles. The lowest BCUT2D eigenvalue weighted by Gasteiger charge is -2.12. The summed E-state index contributed by atoms with van der Waals surface area (Å²) in [6, 6.07) is 12.9. The fourth-order valence-corrected chi connectivity index (χ4v) is 3.70. The smallest absolute Gasteiger partial charge is 0.136 e. The SMILES string of the molecule is Fc1ccc(Br)c(OCC2Cc3ccccc3S2)c1. The summed E-state index contributed by atoms with van der Waals surface area (Å²) in [4.78, 5) is 1.33. The van der Waals surface area contributed by atoms with Gasteiger partial charge in [0, 0.05) is 16.2 Å². The highest BCUT2D eigenvalue weighted by Crippen LogP contribution is 2.37. The minimum atomic E-state index is -0.277. The van der Waals surface area contributed by atoms with Crippen molar-refractivity contribution in [3.05, 3.63) is 58.3 Å². The Morgan fingerprint density at radius 2 is 2.11 bits per heavy atom. The van der Waals surface area contributed by atoms with Crippen molar-refractivity contribution in [2.75, 3.05) is 6.61 Å². The first-order chi connectivity index (χ1) is 9.22. The van der Waals surface area contributed by atoms with Crippen molar-refractivity contribution < 1.29 is 9.13 Å². The van der Waals surface area contributed by atoms with E-state index in [4.69, 9.17) is 4.74 Å². The number of ether oxygens (including phenoxy) is 1. The van der Waals surface area contributed by atoms with Crippen molar-refractivity contribution in [3.8, 4) is 5.75 Å². The van der Waals surface area contributed by atoms with Gasteiger partial charge in [-0.05, 0) is 46.1 Å². The lowest BCUT2D eigenvalue weighted by atomic mass is 10.1. The van der Waals surface area contributed by atoms with E-state index in [1.807, 2.05) is 11.8 Å². The summed E-state index contributed by atoms with van der Waals surface area (Å²) >= 11 is 5.20. The Kier molecular flexibility index (Phi) is 3.80. The van der Waals surface area contributed by atoms with Gasteiger partial charge < -0.3 is 4.74 Å². The van der Waals surface area contributed by atoms with Crippen LogP contribution in [0.1, 0.15) is 5.56 Å². The summed E-state index contributed by atoms with van der Waals surface area (Å²) in [6.07, 6.45) is 1.01. The molecule has 3 rings (SSSR count). The van der Waals surface area contributed by atoms with E-state index in [9.17, 15) is 4.39 Å². The molecule has 0 saturated heterocycles. The first-order valence-electron chi connectivity index (χ1n) is 6.05. The predicted molar refractivity (Wildman–Crippen MR) is 79.4 cm³/mol. The van der Waals surface area contributed by atoms with Gasteiger partial charge in [0.05, 0.1) is 4.47 Å². The Morgan fingerprint density at radius 1 is 1.26 bits per heavy atom. The number of hydrogen-bond donors (Lipinski definition) is 0. The second kappa shape index (κ2) is 5.55. The molecule has 1 atom stereocenters. The molecule has 19 heavy (non-hydrogen) atoms. The predicted octanol–water partition coefficient (Wildman–Crippen LogP) is 4.68. The number of hydrogen-bond acceptors (Lipinski definition) is 2. The van der Waals surface area contributed by atoms with Crippen LogP contribution in [0.4, 0.5) is 4.39 Å². The molecular formula is C15H12BrFOS. The molecule has 2 aromatic carbocycles. The number of halogens is 2. The molecule has 4 heteroatoms. The maximum absolute atomic E-state index is 13.2. The second-order valence-corrected chi connectivity index (χ2v) is 6.63. The monoisotopic (exact) mass is 338 g/mol. The molecule has 0 N–H and O–H groups in total. The average molecular weight is 339 g/mol. The lowest BCUT2D eigenvalue weighted by molar-refractivity contribution is 0.314. The quantitative estimate of drug-likeness (QED) is 0.803. The average Bonchev–Trinajstić information content (AvgIpc) is 2.82. The molecule has 0 spiro atoms. The van der Waals surface area contributed by atoms with Crippen LogP contribution in [-0.4, -0.2) is 11.9 Å². The number of benzene rings is 2. The van der Waals surface area contributed by atoms with Crippen LogP contribution < -0.4 is 4.74 Å². The molecule has 0 aliphatic carbocycles. The molecule has 1 nitrogen and oxygen atoms in total. The Morgan fingerprint density at radius 3 is 2.95 bits per heavy atom. The van der Waals surface area contributed by atoms with Crippen LogP contribution in [-0.2, 0) is 6.42 Å². The van der Waals surface area contributed by atoms with E-state index in [-0.39, 0.29) is 5.82 Å². The lowest BCUT2D eigenvalue weighted by Crippen LogP contribution is -2.13. The van der Waals surface area contributed by atoms with Crippen LogP contribution in [0.2, 0.25) is 0 Å². The Labute approximate surface area is 124 Å². The largest absolute Gasteiger partial charge is 0.491 e. The summed E-state index contributed by atoms with van der Waals surface area (Å²) in [7, 11) is 0. The van der Waals surface area contributed by atoms with Crippen LogP contribution >= 0.6 is 27.7 Å². The summed E-state index contributed by atoms with van der Waals surface area (Å²) in [6.45, 7) is 0.585. The molecule has 0 amide bonds. The van der Waals surface area contributed by atoms with Gasteiger partial charge in [-0.2, -0.15) is 0 Å². The Hall–Kier alpha value is -1.00. The van der Waals surface area contributed by atoms with Gasteiger partial charge in [-0.15, -0.1) is 11.8 Å². The summed E-state index contributed by atoms with van der Waals surface area (Å²) < 4.78 is 19.7. The van der Waals surface area contributed by atoms with E-state index in [1.54, 1.807) is 6.07 Å². The van der Waals surface area contributed by atoms with Crippen LogP contribution in [0.3, 0.4) is 0 Å². The van der Waals surface area contributed by atoms with Gasteiger partial charge in [0.2, 0.25) is 0 Å². The molecule has 1 unspecified atom stereocenters. The molecule has 2 aromatic rings. The van der Waals surface area contributed by atoms with Crippen molar-refractivity contribution in [1.82, 2.24) is 0 Å². The highest BCUT2D eigenvalue weighted by Gasteiger charge is 2.22. The highest BCUT2D eigenvalue weighted by molar-refractivity contribution is 9.10. The van der Waals surface area contributed by atoms with Crippen molar-refractivity contribution >= 4 is 27.7 Å². The summed E-state index contributed by atoms with van der Waals surface area (Å²) in [5, 5.41) is 0.396. The first kappa shape index (κ1) is 13.0. The standard InChI is InChI=1S/C15H12BrFOS/c16-13-6-5-11(17)8-14(13)18-9-12-7-10-3-1-2-4-15(10)19-12/h1-6,8,12H,7,9H2. The normalized spacial score (nSPS) is 17.3. The van der Waals surface area contributed by atoms with Crippen molar-refractivity contribution in [2.45, 2.75) is 16.6 Å². The van der Waals surface area contributed by atoms with Crippen LogP contribution in [0.15, 0.2) is 51.8 Å². The molecule has 0 fully saturated rings. The zero-order chi connectivity index (χ0) is 13.2. The maximum atomic E-state index is 13.2. The minimum absolute atomic E-state index is 0.277. The highest BCUT2D eigenvalue weighted by atomic mass is 79.9. The fourth-order valence-electron chi connectivity index (χ4n) is 2.12. The van der Waals surface area contributed by atoms with Crippen molar-refractivity contribution in [2.24, 2.45) is 0 Å². The molecule has 0 saturated carbocycles. The van der Waals surface area contributed by atoms with Gasteiger partial charge in [0.15, 0.2) is 0 Å². The third kappa shape index (κ3) is 2.95. The molecule has 0 aromatic heterocycles. The van der Waals surface area contributed by atoms with E-state index >= 15 is 0 Å². The van der Waals surface area contributed by atoms with Crippen LogP contribution in [0.25, 0.3) is 0 Å². The molecule has 1 aliphatic rings. The van der Waals surface area contributed by atoms with E-state index in [0.29, 0.717) is 17.6 Å². The zero-order valence-electron chi connectivity index (χ0n) is 10.1. The maximum Gasteiger partial charge on any atom is 0.136 e. The van der Waals surface area contributed by atoms with Crippen LogP contribution in [0, 0.1) is 5.82 Å². The first-order valence-corrected chi connectivity index (χ1v) is 7.72. The third-order valence-electron chi connectivity index (χ3n) is 3.03. The number of fused-ring (bicyclic) bond motifs is 1. The van der Waals surface area contributed by atoms with Gasteiger partial charge in [-0.1, -0.05) is 18.2 Å². The van der Waals surface area contributed by atoms with Gasteiger partial charge >= 0.3 is 0 Å². The van der Waals surface area contributed by atoms with E-state index in [2.05, 4.69) is 40.2 Å². The minimum Gasteiger partial charge on any atom is -0.491 e. The molecule has 0 radical (unpaired) electrons. The Bertz CT molecular complexity index is 577. The Balaban J connectivity index is 1.64. The molecule has 0 bridgehead atoms. The second-order valence-electron chi connectivity index (χ2n) is 4.44. The van der Waals surface area contributed by atoms with Gasteiger partial charge in [-0.25, -0.2) is 4.39 Å². The third-order valence-corrected chi connectivity index (χ3v) is 4.98. The zero-order valence-corrected chi connectivity index (χ0v) is 12.5. The van der Waals surface area contributed by atoms with Gasteiger partial charge in [0.25, 0.3) is 0 Å². The van der Waals surface area contributed by atoms with E-state index in [0.717, 1.165) is 10.9 Å².